The van der Waals surface area contributed by atoms with E-state index < -0.39 is 0 Å². The summed E-state index contributed by atoms with van der Waals surface area (Å²) in [5.41, 5.74) is 0.534. The fourth-order valence-electron chi connectivity index (χ4n) is 1.18. The average molecular weight is 290 g/mol. The first-order chi connectivity index (χ1) is 7.52. The molecule has 1 aromatic rings. The summed E-state index contributed by atoms with van der Waals surface area (Å²) >= 11 is 3.18. The SMILES string of the molecule is CC(C)OCCN(C)C(=O)c1ccoc1Br. The molecule has 1 aromatic heterocycles. The van der Waals surface area contributed by atoms with Crippen LogP contribution in [0.5, 0.6) is 0 Å². The standard InChI is InChI=1S/C11H16BrNO3/c1-8(2)15-7-5-13(3)11(14)9-4-6-16-10(9)12/h4,6,8H,5,7H2,1-3H3. The Bertz CT molecular complexity index is 349. The summed E-state index contributed by atoms with van der Waals surface area (Å²) in [5, 5.41) is 0. The molecule has 5 heteroatoms. The Morgan fingerprint density at radius 2 is 2.31 bits per heavy atom. The number of rotatable bonds is 5. The van der Waals surface area contributed by atoms with E-state index in [1.54, 1.807) is 18.0 Å². The molecule has 0 saturated heterocycles. The molecule has 0 aromatic carbocycles. The predicted molar refractivity (Wildman–Crippen MR) is 64.5 cm³/mol. The zero-order valence-electron chi connectivity index (χ0n) is 9.70. The molecule has 4 nitrogen and oxygen atoms in total. The second-order valence-electron chi connectivity index (χ2n) is 3.75. The Labute approximate surface area is 104 Å². The van der Waals surface area contributed by atoms with E-state index in [0.717, 1.165) is 0 Å². The quantitative estimate of drug-likeness (QED) is 0.837. The largest absolute Gasteiger partial charge is 0.457 e. The van der Waals surface area contributed by atoms with E-state index in [1.807, 2.05) is 13.8 Å². The third-order valence-corrected chi connectivity index (χ3v) is 2.69. The van der Waals surface area contributed by atoms with Gasteiger partial charge in [0.2, 0.25) is 0 Å². The molecule has 0 unspecified atom stereocenters. The Kier molecular flexibility index (Phi) is 5.02. The van der Waals surface area contributed by atoms with Gasteiger partial charge in [0.15, 0.2) is 4.67 Å². The molecule has 0 spiro atoms. The number of nitrogens with zero attached hydrogens (tertiary/aromatic N) is 1. The highest BCUT2D eigenvalue weighted by Gasteiger charge is 2.16. The number of likely N-dealkylation sites (N-methyl/N-ethyl adjacent to an activating group) is 1. The maximum absolute atomic E-state index is 11.9. The van der Waals surface area contributed by atoms with Crippen molar-refractivity contribution in [3.05, 3.63) is 22.6 Å². The fraction of sp³-hybridized carbons (Fsp3) is 0.545. The van der Waals surface area contributed by atoms with Crippen LogP contribution >= 0.6 is 15.9 Å². The van der Waals surface area contributed by atoms with Crippen LogP contribution in [0.4, 0.5) is 0 Å². The molecule has 0 aliphatic heterocycles. The average Bonchev–Trinajstić information content (AvgIpc) is 2.62. The topological polar surface area (TPSA) is 42.7 Å². The number of hydrogen-bond acceptors (Lipinski definition) is 3. The number of halogens is 1. The summed E-state index contributed by atoms with van der Waals surface area (Å²) in [5.74, 6) is -0.0759. The lowest BCUT2D eigenvalue weighted by molar-refractivity contribution is 0.0531. The Morgan fingerprint density at radius 3 is 2.81 bits per heavy atom. The summed E-state index contributed by atoms with van der Waals surface area (Å²) in [4.78, 5) is 13.5. The molecule has 0 radical (unpaired) electrons. The van der Waals surface area contributed by atoms with Crippen molar-refractivity contribution < 1.29 is 13.9 Å². The summed E-state index contributed by atoms with van der Waals surface area (Å²) in [6, 6.07) is 1.65. The Balaban J connectivity index is 2.46. The lowest BCUT2D eigenvalue weighted by atomic mass is 10.3. The minimum atomic E-state index is -0.0759. The predicted octanol–water partition coefficient (Wildman–Crippen LogP) is 2.54. The van der Waals surface area contributed by atoms with E-state index in [4.69, 9.17) is 9.15 Å². The first kappa shape index (κ1) is 13.3. The molecule has 0 aliphatic carbocycles. The number of furan rings is 1. The van der Waals surface area contributed by atoms with Gasteiger partial charge in [-0.1, -0.05) is 0 Å². The van der Waals surface area contributed by atoms with Gasteiger partial charge >= 0.3 is 0 Å². The van der Waals surface area contributed by atoms with Gasteiger partial charge < -0.3 is 14.1 Å². The summed E-state index contributed by atoms with van der Waals surface area (Å²) in [6.07, 6.45) is 1.67. The summed E-state index contributed by atoms with van der Waals surface area (Å²) in [6.45, 7) is 5.03. The molecule has 0 N–H and O–H groups in total. The third kappa shape index (κ3) is 3.64. The zero-order valence-corrected chi connectivity index (χ0v) is 11.3. The van der Waals surface area contributed by atoms with Gasteiger partial charge in [-0.25, -0.2) is 0 Å². The van der Waals surface area contributed by atoms with E-state index >= 15 is 0 Å². The van der Waals surface area contributed by atoms with Crippen molar-refractivity contribution in [1.82, 2.24) is 4.90 Å². The molecular weight excluding hydrogens is 274 g/mol. The molecule has 1 heterocycles. The van der Waals surface area contributed by atoms with Crippen LogP contribution in [0.3, 0.4) is 0 Å². The first-order valence-electron chi connectivity index (χ1n) is 5.12. The van der Waals surface area contributed by atoms with Crippen molar-refractivity contribution in [2.45, 2.75) is 20.0 Å². The highest BCUT2D eigenvalue weighted by Crippen LogP contribution is 2.18. The van der Waals surface area contributed by atoms with E-state index in [1.165, 1.54) is 6.26 Å². The van der Waals surface area contributed by atoms with Crippen molar-refractivity contribution in [3.63, 3.8) is 0 Å². The molecule has 0 saturated carbocycles. The van der Waals surface area contributed by atoms with Crippen LogP contribution in [0.1, 0.15) is 24.2 Å². The second kappa shape index (κ2) is 6.06. The van der Waals surface area contributed by atoms with E-state index in [2.05, 4.69) is 15.9 Å². The molecule has 1 amide bonds. The number of amides is 1. The van der Waals surface area contributed by atoms with Crippen molar-refractivity contribution in [2.24, 2.45) is 0 Å². The minimum absolute atomic E-state index is 0.0759. The highest BCUT2D eigenvalue weighted by molar-refractivity contribution is 9.10. The van der Waals surface area contributed by atoms with Gasteiger partial charge in [-0.2, -0.15) is 0 Å². The van der Waals surface area contributed by atoms with Gasteiger partial charge in [0.05, 0.1) is 24.5 Å². The normalized spacial score (nSPS) is 10.8. The van der Waals surface area contributed by atoms with Gasteiger partial charge in [0.25, 0.3) is 5.91 Å². The monoisotopic (exact) mass is 289 g/mol. The van der Waals surface area contributed by atoms with Crippen molar-refractivity contribution >= 4 is 21.8 Å². The second-order valence-corrected chi connectivity index (χ2v) is 4.47. The molecular formula is C11H16BrNO3. The maximum Gasteiger partial charge on any atom is 0.258 e. The van der Waals surface area contributed by atoms with Gasteiger partial charge in [-0.05, 0) is 35.8 Å². The van der Waals surface area contributed by atoms with Crippen LogP contribution in [0.25, 0.3) is 0 Å². The van der Waals surface area contributed by atoms with Gasteiger partial charge in [0.1, 0.15) is 0 Å². The van der Waals surface area contributed by atoms with Crippen molar-refractivity contribution in [1.29, 1.82) is 0 Å². The van der Waals surface area contributed by atoms with Gasteiger partial charge in [-0.15, -0.1) is 0 Å². The van der Waals surface area contributed by atoms with E-state index in [9.17, 15) is 4.79 Å². The first-order valence-corrected chi connectivity index (χ1v) is 5.91. The smallest absolute Gasteiger partial charge is 0.258 e. The molecule has 0 bridgehead atoms. The number of hydrogen-bond donors (Lipinski definition) is 0. The summed E-state index contributed by atoms with van der Waals surface area (Å²) in [7, 11) is 1.74. The Hall–Kier alpha value is -0.810. The van der Waals surface area contributed by atoms with Crippen LogP contribution in [0, 0.1) is 0 Å². The van der Waals surface area contributed by atoms with Gasteiger partial charge in [-0.3, -0.25) is 4.79 Å². The van der Waals surface area contributed by atoms with E-state index in [0.29, 0.717) is 23.4 Å². The highest BCUT2D eigenvalue weighted by atomic mass is 79.9. The van der Waals surface area contributed by atoms with Crippen molar-refractivity contribution in [3.8, 4) is 0 Å². The van der Waals surface area contributed by atoms with Crippen molar-refractivity contribution in [2.75, 3.05) is 20.2 Å². The van der Waals surface area contributed by atoms with Crippen LogP contribution in [0.2, 0.25) is 0 Å². The Morgan fingerprint density at radius 1 is 1.62 bits per heavy atom. The third-order valence-electron chi connectivity index (χ3n) is 2.07. The van der Waals surface area contributed by atoms with Crippen LogP contribution in [-0.2, 0) is 4.74 Å². The molecule has 16 heavy (non-hydrogen) atoms. The molecule has 0 aliphatic rings. The number of carbonyl (C=O) groups is 1. The van der Waals surface area contributed by atoms with Crippen LogP contribution in [-0.4, -0.2) is 37.1 Å². The molecule has 90 valence electrons. The van der Waals surface area contributed by atoms with Crippen LogP contribution < -0.4 is 0 Å². The molecule has 1 rings (SSSR count). The van der Waals surface area contributed by atoms with Crippen LogP contribution in [0.15, 0.2) is 21.4 Å². The molecule has 0 fully saturated rings. The minimum Gasteiger partial charge on any atom is -0.457 e. The summed E-state index contributed by atoms with van der Waals surface area (Å²) < 4.78 is 10.9. The van der Waals surface area contributed by atoms with E-state index in [-0.39, 0.29) is 12.0 Å². The number of carbonyl (C=O) groups excluding carboxylic acids is 1. The zero-order chi connectivity index (χ0) is 12.1. The maximum atomic E-state index is 11.9. The number of ether oxygens (including phenoxy) is 1. The lowest BCUT2D eigenvalue weighted by Gasteiger charge is -2.17. The lowest BCUT2D eigenvalue weighted by Crippen LogP contribution is -2.30. The van der Waals surface area contributed by atoms with Gasteiger partial charge in [0, 0.05) is 13.6 Å². The fourth-order valence-corrected chi connectivity index (χ4v) is 1.59. The molecule has 0 atom stereocenters.